The Bertz CT molecular complexity index is 1070. The number of benzene rings is 2. The number of urea groups is 1. The van der Waals surface area contributed by atoms with Crippen LogP contribution in [0.25, 0.3) is 0 Å². The second-order valence-corrected chi connectivity index (χ2v) is 11.4. The molecule has 2 unspecified atom stereocenters. The van der Waals surface area contributed by atoms with Crippen molar-refractivity contribution in [3.8, 4) is 0 Å². The second kappa shape index (κ2) is 10.0. The quantitative estimate of drug-likeness (QED) is 0.646. The van der Waals surface area contributed by atoms with Crippen molar-refractivity contribution >= 4 is 27.7 Å². The predicted molar refractivity (Wildman–Crippen MR) is 131 cm³/mol. The Kier molecular flexibility index (Phi) is 7.28. The average Bonchev–Trinajstić information content (AvgIpc) is 3.24. The van der Waals surface area contributed by atoms with Crippen molar-refractivity contribution in [3.05, 3.63) is 70.7 Å². The van der Waals surface area contributed by atoms with Crippen LogP contribution in [-0.2, 0) is 16.6 Å². The van der Waals surface area contributed by atoms with Gasteiger partial charge >= 0.3 is 6.03 Å². The number of likely N-dealkylation sites (N-methyl/N-ethyl adjacent to an activating group) is 1. The number of likely N-dealkylation sites (tertiary alicyclic amines) is 1. The average molecular weight is 491 g/mol. The van der Waals surface area contributed by atoms with Crippen LogP contribution >= 0.6 is 11.6 Å². The molecule has 0 bridgehead atoms. The molecule has 4 rings (SSSR count). The lowest BCUT2D eigenvalue weighted by Gasteiger charge is -2.35. The van der Waals surface area contributed by atoms with Crippen LogP contribution in [0.4, 0.5) is 4.79 Å². The standard InChI is InChI=1S/C24H31ClN4O3S/c1-26(16-19-7-6-10-21(25)15-19)23-18-28(17-22(23)20-8-4-3-5-9-20)24(30)27-11-13-29(14-12-27)33(2,31)32/h3-10,15,22-23H,11-14,16-18H2,1-2H3. The van der Waals surface area contributed by atoms with Crippen molar-refractivity contribution in [3.63, 3.8) is 0 Å². The van der Waals surface area contributed by atoms with Crippen molar-refractivity contribution in [2.75, 3.05) is 52.6 Å². The van der Waals surface area contributed by atoms with Crippen LogP contribution in [0.2, 0.25) is 5.02 Å². The van der Waals surface area contributed by atoms with E-state index in [4.69, 9.17) is 11.6 Å². The van der Waals surface area contributed by atoms with Gasteiger partial charge in [-0.2, -0.15) is 4.31 Å². The Morgan fingerprint density at radius 2 is 1.70 bits per heavy atom. The molecule has 0 aromatic heterocycles. The summed E-state index contributed by atoms with van der Waals surface area (Å²) in [6.07, 6.45) is 1.22. The fourth-order valence-electron chi connectivity index (χ4n) is 4.87. The number of sulfonamides is 1. The van der Waals surface area contributed by atoms with Gasteiger partial charge in [0.15, 0.2) is 0 Å². The molecule has 2 atom stereocenters. The number of amides is 2. The molecular weight excluding hydrogens is 460 g/mol. The molecule has 2 aromatic rings. The van der Waals surface area contributed by atoms with Crippen molar-refractivity contribution in [1.82, 2.24) is 19.0 Å². The van der Waals surface area contributed by atoms with Crippen LogP contribution in [0.1, 0.15) is 17.0 Å². The Balaban J connectivity index is 1.48. The van der Waals surface area contributed by atoms with Crippen LogP contribution in [-0.4, -0.2) is 92.1 Å². The minimum absolute atomic E-state index is 0.0114. The lowest BCUT2D eigenvalue weighted by atomic mass is 9.93. The monoisotopic (exact) mass is 490 g/mol. The minimum atomic E-state index is -3.23. The lowest BCUT2D eigenvalue weighted by Crippen LogP contribution is -2.53. The van der Waals surface area contributed by atoms with Crippen molar-refractivity contribution in [2.24, 2.45) is 0 Å². The first-order valence-electron chi connectivity index (χ1n) is 11.2. The van der Waals surface area contributed by atoms with E-state index in [2.05, 4.69) is 30.1 Å². The highest BCUT2D eigenvalue weighted by Crippen LogP contribution is 2.32. The van der Waals surface area contributed by atoms with Gasteiger partial charge in [-0.1, -0.05) is 54.1 Å². The molecule has 33 heavy (non-hydrogen) atoms. The van der Waals surface area contributed by atoms with Crippen LogP contribution in [0, 0.1) is 0 Å². The van der Waals surface area contributed by atoms with Gasteiger partial charge in [0.25, 0.3) is 0 Å². The van der Waals surface area contributed by atoms with E-state index in [9.17, 15) is 13.2 Å². The summed E-state index contributed by atoms with van der Waals surface area (Å²) in [7, 11) is -1.13. The van der Waals surface area contributed by atoms with Gasteiger partial charge in [0.1, 0.15) is 0 Å². The highest BCUT2D eigenvalue weighted by molar-refractivity contribution is 7.88. The number of halogens is 1. The third-order valence-corrected chi connectivity index (χ3v) is 8.19. The van der Waals surface area contributed by atoms with Gasteiger partial charge in [0, 0.05) is 62.8 Å². The summed E-state index contributed by atoms with van der Waals surface area (Å²) in [6.45, 7) is 3.53. The number of carbonyl (C=O) groups excluding carboxylic acids is 1. The van der Waals surface area contributed by atoms with E-state index in [0.717, 1.165) is 17.1 Å². The molecule has 7 nitrogen and oxygen atoms in total. The highest BCUT2D eigenvalue weighted by Gasteiger charge is 2.40. The molecule has 0 spiro atoms. The van der Waals surface area contributed by atoms with Crippen molar-refractivity contribution in [2.45, 2.75) is 18.5 Å². The van der Waals surface area contributed by atoms with E-state index in [0.29, 0.717) is 39.3 Å². The van der Waals surface area contributed by atoms with E-state index in [1.165, 1.54) is 16.1 Å². The van der Waals surface area contributed by atoms with Gasteiger partial charge in [0.2, 0.25) is 10.0 Å². The Labute approximate surface area is 201 Å². The van der Waals surface area contributed by atoms with Gasteiger partial charge in [-0.05, 0) is 30.3 Å². The number of hydrogen-bond donors (Lipinski definition) is 0. The molecule has 2 aromatic carbocycles. The molecule has 178 valence electrons. The molecular formula is C24H31ClN4O3S. The maximum absolute atomic E-state index is 13.4. The number of hydrogen-bond acceptors (Lipinski definition) is 4. The summed E-state index contributed by atoms with van der Waals surface area (Å²) in [6, 6.07) is 18.4. The molecule has 2 heterocycles. The first kappa shape index (κ1) is 24.0. The number of carbonyl (C=O) groups is 1. The topological polar surface area (TPSA) is 64.2 Å². The summed E-state index contributed by atoms with van der Waals surface area (Å²) in [4.78, 5) is 19.4. The summed E-state index contributed by atoms with van der Waals surface area (Å²) >= 11 is 6.18. The minimum Gasteiger partial charge on any atom is -0.322 e. The smallest absolute Gasteiger partial charge is 0.320 e. The van der Waals surface area contributed by atoms with E-state index >= 15 is 0 Å². The number of rotatable bonds is 5. The zero-order valence-electron chi connectivity index (χ0n) is 19.1. The molecule has 9 heteroatoms. The number of nitrogens with zero attached hydrogens (tertiary/aromatic N) is 4. The maximum Gasteiger partial charge on any atom is 0.320 e. The highest BCUT2D eigenvalue weighted by atomic mass is 35.5. The summed E-state index contributed by atoms with van der Waals surface area (Å²) in [5, 5.41) is 0.719. The zero-order valence-corrected chi connectivity index (χ0v) is 20.7. The van der Waals surface area contributed by atoms with Crippen LogP contribution in [0.3, 0.4) is 0 Å². The van der Waals surface area contributed by atoms with Crippen molar-refractivity contribution < 1.29 is 13.2 Å². The van der Waals surface area contributed by atoms with Crippen LogP contribution < -0.4 is 0 Å². The largest absolute Gasteiger partial charge is 0.322 e. The van der Waals surface area contributed by atoms with Crippen molar-refractivity contribution in [1.29, 1.82) is 0 Å². The summed E-state index contributed by atoms with van der Waals surface area (Å²) < 4.78 is 25.1. The molecule has 2 saturated heterocycles. The van der Waals surface area contributed by atoms with E-state index in [1.54, 1.807) is 4.90 Å². The van der Waals surface area contributed by atoms with E-state index < -0.39 is 10.0 Å². The maximum atomic E-state index is 13.4. The molecule has 2 amide bonds. The Hall–Kier alpha value is -2.13. The van der Waals surface area contributed by atoms with Gasteiger partial charge in [-0.3, -0.25) is 4.90 Å². The first-order chi connectivity index (χ1) is 15.7. The molecule has 2 fully saturated rings. The molecule has 2 aliphatic rings. The molecule has 0 N–H and O–H groups in total. The summed E-state index contributed by atoms with van der Waals surface area (Å²) in [5.41, 5.74) is 2.36. The molecule has 0 saturated carbocycles. The normalized spacial score (nSPS) is 22.2. The molecule has 0 aliphatic carbocycles. The Morgan fingerprint density at radius 3 is 2.33 bits per heavy atom. The van der Waals surface area contributed by atoms with Gasteiger partial charge in [-0.25, -0.2) is 13.2 Å². The lowest BCUT2D eigenvalue weighted by molar-refractivity contribution is 0.138. The molecule has 0 radical (unpaired) electrons. The van der Waals surface area contributed by atoms with Gasteiger partial charge in [-0.15, -0.1) is 0 Å². The van der Waals surface area contributed by atoms with E-state index in [1.807, 2.05) is 41.3 Å². The van der Waals surface area contributed by atoms with Crippen LogP contribution in [0.15, 0.2) is 54.6 Å². The van der Waals surface area contributed by atoms with Gasteiger partial charge < -0.3 is 9.80 Å². The first-order valence-corrected chi connectivity index (χ1v) is 13.4. The fourth-order valence-corrected chi connectivity index (χ4v) is 5.91. The third-order valence-electron chi connectivity index (χ3n) is 6.65. The fraction of sp³-hybridized carbons (Fsp3) is 0.458. The second-order valence-electron chi connectivity index (χ2n) is 8.97. The summed E-state index contributed by atoms with van der Waals surface area (Å²) in [5.74, 6) is 0.191. The number of piperazine rings is 1. The van der Waals surface area contributed by atoms with Crippen LogP contribution in [0.5, 0.6) is 0 Å². The Morgan fingerprint density at radius 1 is 1.00 bits per heavy atom. The predicted octanol–water partition coefficient (Wildman–Crippen LogP) is 2.94. The molecule has 2 aliphatic heterocycles. The zero-order chi connectivity index (χ0) is 23.6. The van der Waals surface area contributed by atoms with E-state index in [-0.39, 0.29) is 18.0 Å². The third kappa shape index (κ3) is 5.69. The SMILES string of the molecule is CN(Cc1cccc(Cl)c1)C1CN(C(=O)N2CCN(S(C)(=O)=O)CC2)CC1c1ccccc1. The van der Waals surface area contributed by atoms with Gasteiger partial charge in [0.05, 0.1) is 6.26 Å².